The highest BCUT2D eigenvalue weighted by Crippen LogP contribution is 2.19. The number of aromatic nitrogens is 1. The number of hydrogen-bond acceptors (Lipinski definition) is 3. The average Bonchev–Trinajstić information content (AvgIpc) is 2.19. The average molecular weight is 210 g/mol. The third-order valence-electron chi connectivity index (χ3n) is 1.99. The van der Waals surface area contributed by atoms with Gasteiger partial charge in [0, 0.05) is 17.1 Å². The first-order valence-electron chi connectivity index (χ1n) is 5.08. The molecule has 0 amide bonds. The molecule has 0 saturated heterocycles. The van der Waals surface area contributed by atoms with Crippen LogP contribution in [0.5, 0.6) is 0 Å². The van der Waals surface area contributed by atoms with E-state index in [0.29, 0.717) is 0 Å². The fraction of sp³-hybridized carbons (Fsp3) is 0.545. The Morgan fingerprint density at radius 2 is 2.29 bits per heavy atom. The van der Waals surface area contributed by atoms with Gasteiger partial charge in [-0.2, -0.15) is 0 Å². The zero-order chi connectivity index (χ0) is 10.4. The number of thioether (sulfide) groups is 1. The third kappa shape index (κ3) is 3.68. The van der Waals surface area contributed by atoms with Gasteiger partial charge in [-0.15, -0.1) is 11.8 Å². The Hall–Kier alpha value is -0.540. The summed E-state index contributed by atoms with van der Waals surface area (Å²) in [5.41, 5.74) is 6.68. The monoisotopic (exact) mass is 210 g/mol. The highest BCUT2D eigenvalue weighted by Gasteiger charge is 2.00. The molecule has 0 bridgehead atoms. The first kappa shape index (κ1) is 11.5. The van der Waals surface area contributed by atoms with E-state index in [1.165, 1.54) is 23.5 Å². The summed E-state index contributed by atoms with van der Waals surface area (Å²) in [4.78, 5) is 5.55. The maximum Gasteiger partial charge on any atom is 0.0569 e. The van der Waals surface area contributed by atoms with E-state index in [9.17, 15) is 0 Å². The van der Waals surface area contributed by atoms with Crippen molar-refractivity contribution < 1.29 is 0 Å². The minimum atomic E-state index is 0.0321. The Morgan fingerprint density at radius 1 is 1.50 bits per heavy atom. The lowest BCUT2D eigenvalue weighted by molar-refractivity contribution is 0.777. The van der Waals surface area contributed by atoms with E-state index in [1.807, 2.05) is 30.9 Å². The zero-order valence-electron chi connectivity index (χ0n) is 8.86. The maximum atomic E-state index is 5.72. The van der Waals surface area contributed by atoms with Crippen molar-refractivity contribution in [3.63, 3.8) is 0 Å². The van der Waals surface area contributed by atoms with E-state index in [-0.39, 0.29) is 6.04 Å². The third-order valence-corrected chi connectivity index (χ3v) is 3.06. The molecule has 78 valence electrons. The zero-order valence-corrected chi connectivity index (χ0v) is 9.68. The van der Waals surface area contributed by atoms with Gasteiger partial charge in [-0.3, -0.25) is 4.98 Å². The second-order valence-electron chi connectivity index (χ2n) is 3.41. The van der Waals surface area contributed by atoms with Crippen molar-refractivity contribution in [2.45, 2.75) is 37.6 Å². The lowest BCUT2D eigenvalue weighted by Gasteiger charge is -2.05. The molecule has 1 rings (SSSR count). The summed E-state index contributed by atoms with van der Waals surface area (Å²) in [5, 5.41) is 0. The molecule has 0 fully saturated rings. The van der Waals surface area contributed by atoms with Crippen LogP contribution in [0.4, 0.5) is 0 Å². The number of pyridine rings is 1. The predicted molar refractivity (Wildman–Crippen MR) is 62.5 cm³/mol. The van der Waals surface area contributed by atoms with Gasteiger partial charge >= 0.3 is 0 Å². The molecule has 1 atom stereocenters. The van der Waals surface area contributed by atoms with Crippen LogP contribution in [-0.2, 0) is 0 Å². The lowest BCUT2D eigenvalue weighted by atomic mass is 10.2. The van der Waals surface area contributed by atoms with Gasteiger partial charge in [-0.25, -0.2) is 0 Å². The van der Waals surface area contributed by atoms with E-state index in [4.69, 9.17) is 5.73 Å². The molecule has 0 aliphatic carbocycles. The van der Waals surface area contributed by atoms with Gasteiger partial charge in [0.2, 0.25) is 0 Å². The van der Waals surface area contributed by atoms with Gasteiger partial charge in [0.05, 0.1) is 5.69 Å². The first-order chi connectivity index (χ1) is 6.74. The summed E-state index contributed by atoms with van der Waals surface area (Å²) in [6.45, 7) is 4.16. The Kier molecular flexibility index (Phi) is 4.98. The van der Waals surface area contributed by atoms with Crippen molar-refractivity contribution in [2.75, 3.05) is 5.75 Å². The van der Waals surface area contributed by atoms with Gasteiger partial charge in [-0.1, -0.05) is 13.3 Å². The summed E-state index contributed by atoms with van der Waals surface area (Å²) < 4.78 is 0. The fourth-order valence-electron chi connectivity index (χ4n) is 1.08. The first-order valence-corrected chi connectivity index (χ1v) is 6.07. The molecule has 1 aromatic heterocycles. The number of nitrogens with two attached hydrogens (primary N) is 1. The topological polar surface area (TPSA) is 38.9 Å². The van der Waals surface area contributed by atoms with Crippen LogP contribution < -0.4 is 5.73 Å². The predicted octanol–water partition coefficient (Wildman–Crippen LogP) is 2.99. The summed E-state index contributed by atoms with van der Waals surface area (Å²) in [7, 11) is 0. The van der Waals surface area contributed by atoms with Gasteiger partial charge < -0.3 is 5.73 Å². The Labute approximate surface area is 90.3 Å². The Bertz CT molecular complexity index is 256. The van der Waals surface area contributed by atoms with Crippen molar-refractivity contribution in [3.8, 4) is 0 Å². The Balaban J connectivity index is 2.47. The lowest BCUT2D eigenvalue weighted by Crippen LogP contribution is -2.06. The molecular weight excluding hydrogens is 192 g/mol. The van der Waals surface area contributed by atoms with E-state index >= 15 is 0 Å². The SMILES string of the molecule is CCCCSc1ccc([C@@H](C)N)nc1. The van der Waals surface area contributed by atoms with E-state index in [0.717, 1.165) is 5.69 Å². The van der Waals surface area contributed by atoms with Crippen molar-refractivity contribution in [2.24, 2.45) is 5.73 Å². The molecule has 1 aromatic rings. The number of nitrogens with zero attached hydrogens (tertiary/aromatic N) is 1. The highest BCUT2D eigenvalue weighted by molar-refractivity contribution is 7.99. The van der Waals surface area contributed by atoms with Crippen LogP contribution in [0.2, 0.25) is 0 Å². The molecule has 0 saturated carbocycles. The minimum Gasteiger partial charge on any atom is -0.323 e. The molecular formula is C11H18N2S. The van der Waals surface area contributed by atoms with E-state index in [1.54, 1.807) is 0 Å². The molecule has 14 heavy (non-hydrogen) atoms. The van der Waals surface area contributed by atoms with Crippen molar-refractivity contribution in [3.05, 3.63) is 24.0 Å². The highest BCUT2D eigenvalue weighted by atomic mass is 32.2. The number of hydrogen-bond donors (Lipinski definition) is 1. The maximum absolute atomic E-state index is 5.72. The smallest absolute Gasteiger partial charge is 0.0569 e. The van der Waals surface area contributed by atoms with Crippen LogP contribution in [-0.4, -0.2) is 10.7 Å². The quantitative estimate of drug-likeness (QED) is 0.600. The molecule has 0 unspecified atom stereocenters. The van der Waals surface area contributed by atoms with Gasteiger partial charge in [0.25, 0.3) is 0 Å². The van der Waals surface area contributed by atoms with Crippen LogP contribution in [0.1, 0.15) is 38.4 Å². The summed E-state index contributed by atoms with van der Waals surface area (Å²) in [5.74, 6) is 1.18. The minimum absolute atomic E-state index is 0.0321. The number of unbranched alkanes of at least 4 members (excludes halogenated alkanes) is 1. The largest absolute Gasteiger partial charge is 0.323 e. The standard InChI is InChI=1S/C11H18N2S/c1-3-4-7-14-10-5-6-11(9(2)12)13-8-10/h5-6,8-9H,3-4,7,12H2,1-2H3/t9-/m1/s1. The van der Waals surface area contributed by atoms with E-state index in [2.05, 4.69) is 18.0 Å². The summed E-state index contributed by atoms with van der Waals surface area (Å²) >= 11 is 1.86. The molecule has 2 N–H and O–H groups in total. The van der Waals surface area contributed by atoms with Crippen LogP contribution in [0.3, 0.4) is 0 Å². The molecule has 1 heterocycles. The second kappa shape index (κ2) is 6.04. The Morgan fingerprint density at radius 3 is 2.79 bits per heavy atom. The molecule has 0 aliphatic rings. The molecule has 0 aliphatic heterocycles. The summed E-state index contributed by atoms with van der Waals surface area (Å²) in [6.07, 6.45) is 4.43. The van der Waals surface area contributed by atoms with Crippen molar-refractivity contribution >= 4 is 11.8 Å². The van der Waals surface area contributed by atoms with Gasteiger partial charge in [0.15, 0.2) is 0 Å². The van der Waals surface area contributed by atoms with E-state index < -0.39 is 0 Å². The second-order valence-corrected chi connectivity index (χ2v) is 4.58. The summed E-state index contributed by atoms with van der Waals surface area (Å²) in [6, 6.07) is 4.15. The molecule has 0 spiro atoms. The van der Waals surface area contributed by atoms with Crippen molar-refractivity contribution in [1.82, 2.24) is 4.98 Å². The molecule has 0 aromatic carbocycles. The van der Waals surface area contributed by atoms with Gasteiger partial charge in [0.1, 0.15) is 0 Å². The van der Waals surface area contributed by atoms with Crippen LogP contribution in [0.25, 0.3) is 0 Å². The molecule has 2 nitrogen and oxygen atoms in total. The van der Waals surface area contributed by atoms with Crippen LogP contribution in [0, 0.1) is 0 Å². The fourth-order valence-corrected chi connectivity index (χ4v) is 2.04. The molecule has 0 radical (unpaired) electrons. The van der Waals surface area contributed by atoms with Crippen LogP contribution in [0.15, 0.2) is 23.2 Å². The van der Waals surface area contributed by atoms with Crippen LogP contribution >= 0.6 is 11.8 Å². The van der Waals surface area contributed by atoms with Crippen molar-refractivity contribution in [1.29, 1.82) is 0 Å². The number of rotatable bonds is 5. The normalized spacial score (nSPS) is 12.8. The van der Waals surface area contributed by atoms with Gasteiger partial charge in [-0.05, 0) is 31.2 Å². The molecule has 3 heteroatoms.